The maximum absolute atomic E-state index is 3.81. The fraction of sp³-hybridized carbons (Fsp3) is 1.00. The van der Waals surface area contributed by atoms with E-state index in [1.54, 1.807) is 0 Å². The van der Waals surface area contributed by atoms with Crippen molar-refractivity contribution in [3.63, 3.8) is 0 Å². The predicted molar refractivity (Wildman–Crippen MR) is 74.3 cm³/mol. The van der Waals surface area contributed by atoms with Crippen molar-refractivity contribution in [3.05, 3.63) is 0 Å². The van der Waals surface area contributed by atoms with Gasteiger partial charge in [-0.15, -0.1) is 0 Å². The van der Waals surface area contributed by atoms with Crippen LogP contribution in [-0.2, 0) is 0 Å². The molecule has 1 heterocycles. The number of piperazine rings is 1. The van der Waals surface area contributed by atoms with Gasteiger partial charge in [0.25, 0.3) is 0 Å². The van der Waals surface area contributed by atoms with E-state index in [0.717, 1.165) is 18.0 Å². The normalized spacial score (nSPS) is 35.5. The van der Waals surface area contributed by atoms with Gasteiger partial charge in [-0.25, -0.2) is 0 Å². The molecule has 2 atom stereocenters. The van der Waals surface area contributed by atoms with E-state index in [0.29, 0.717) is 5.54 Å². The zero-order valence-electron chi connectivity index (χ0n) is 12.1. The summed E-state index contributed by atoms with van der Waals surface area (Å²) >= 11 is 0. The van der Waals surface area contributed by atoms with Gasteiger partial charge in [0.2, 0.25) is 0 Å². The molecule has 0 spiro atoms. The van der Waals surface area contributed by atoms with Crippen molar-refractivity contribution in [2.45, 2.75) is 77.4 Å². The molecule has 0 bridgehead atoms. The van der Waals surface area contributed by atoms with E-state index in [1.165, 1.54) is 45.2 Å². The minimum absolute atomic E-state index is 0.377. The van der Waals surface area contributed by atoms with Crippen LogP contribution in [0.3, 0.4) is 0 Å². The number of hydrogen-bond donors (Lipinski definition) is 1. The van der Waals surface area contributed by atoms with E-state index in [4.69, 9.17) is 0 Å². The Balaban J connectivity index is 2.08. The molecule has 17 heavy (non-hydrogen) atoms. The second-order valence-electron chi connectivity index (χ2n) is 6.30. The van der Waals surface area contributed by atoms with Crippen LogP contribution in [0.15, 0.2) is 0 Å². The lowest BCUT2D eigenvalue weighted by Crippen LogP contribution is -2.66. The Kier molecular flexibility index (Phi) is 4.14. The minimum atomic E-state index is 0.377. The summed E-state index contributed by atoms with van der Waals surface area (Å²) in [5.41, 5.74) is 0.377. The largest absolute Gasteiger partial charge is 0.311 e. The van der Waals surface area contributed by atoms with Gasteiger partial charge in [0.05, 0.1) is 0 Å². The smallest absolute Gasteiger partial charge is 0.0306 e. The van der Waals surface area contributed by atoms with E-state index < -0.39 is 0 Å². The molecule has 1 aliphatic heterocycles. The first-order valence-corrected chi connectivity index (χ1v) is 7.64. The van der Waals surface area contributed by atoms with Crippen LogP contribution in [0.2, 0.25) is 0 Å². The summed E-state index contributed by atoms with van der Waals surface area (Å²) in [4.78, 5) is 2.83. The summed E-state index contributed by atoms with van der Waals surface area (Å²) in [5.74, 6) is 0.980. The summed E-state index contributed by atoms with van der Waals surface area (Å²) in [6, 6.07) is 1.55. The Labute approximate surface area is 107 Å². The van der Waals surface area contributed by atoms with Crippen LogP contribution in [0.25, 0.3) is 0 Å². The highest BCUT2D eigenvalue weighted by Crippen LogP contribution is 2.37. The quantitative estimate of drug-likeness (QED) is 0.792. The van der Waals surface area contributed by atoms with Crippen molar-refractivity contribution in [1.29, 1.82) is 0 Å². The van der Waals surface area contributed by atoms with Crippen molar-refractivity contribution in [1.82, 2.24) is 10.2 Å². The lowest BCUT2D eigenvalue weighted by molar-refractivity contribution is 0.00337. The van der Waals surface area contributed by atoms with Crippen LogP contribution >= 0.6 is 0 Å². The SMILES string of the molecule is CCC(CC)N1CC(C2CC2)NCC1(C)CC. The van der Waals surface area contributed by atoms with Gasteiger partial charge in [-0.05, 0) is 44.9 Å². The number of nitrogens with zero attached hydrogens (tertiary/aromatic N) is 1. The maximum atomic E-state index is 3.81. The molecule has 2 aliphatic rings. The van der Waals surface area contributed by atoms with Crippen LogP contribution in [0.5, 0.6) is 0 Å². The van der Waals surface area contributed by atoms with Crippen molar-refractivity contribution in [2.75, 3.05) is 13.1 Å². The highest BCUT2D eigenvalue weighted by atomic mass is 15.3. The Morgan fingerprint density at radius 1 is 1.24 bits per heavy atom. The van der Waals surface area contributed by atoms with Crippen molar-refractivity contribution >= 4 is 0 Å². The van der Waals surface area contributed by atoms with Gasteiger partial charge in [0, 0.05) is 30.7 Å². The molecule has 2 heteroatoms. The molecule has 2 rings (SSSR count). The average molecular weight is 238 g/mol. The molecule has 100 valence electrons. The molecule has 2 nitrogen and oxygen atoms in total. The van der Waals surface area contributed by atoms with E-state index in [-0.39, 0.29) is 0 Å². The van der Waals surface area contributed by atoms with Gasteiger partial charge in [-0.2, -0.15) is 0 Å². The van der Waals surface area contributed by atoms with Gasteiger partial charge in [0.15, 0.2) is 0 Å². The van der Waals surface area contributed by atoms with Gasteiger partial charge in [-0.3, -0.25) is 4.90 Å². The van der Waals surface area contributed by atoms with Crippen LogP contribution in [0, 0.1) is 5.92 Å². The molecular weight excluding hydrogens is 208 g/mol. The Morgan fingerprint density at radius 2 is 1.88 bits per heavy atom. The predicted octanol–water partition coefficient (Wildman–Crippen LogP) is 3.03. The molecule has 1 saturated carbocycles. The topological polar surface area (TPSA) is 15.3 Å². The second kappa shape index (κ2) is 5.27. The van der Waals surface area contributed by atoms with Gasteiger partial charge < -0.3 is 5.32 Å². The van der Waals surface area contributed by atoms with E-state index in [2.05, 4.69) is 37.9 Å². The lowest BCUT2D eigenvalue weighted by Gasteiger charge is -2.51. The first-order valence-electron chi connectivity index (χ1n) is 7.64. The first kappa shape index (κ1) is 13.4. The third-order valence-corrected chi connectivity index (χ3v) is 5.17. The van der Waals surface area contributed by atoms with E-state index >= 15 is 0 Å². The van der Waals surface area contributed by atoms with Crippen LogP contribution in [-0.4, -0.2) is 35.6 Å². The molecular formula is C15H30N2. The Morgan fingerprint density at radius 3 is 2.35 bits per heavy atom. The molecule has 1 N–H and O–H groups in total. The fourth-order valence-corrected chi connectivity index (χ4v) is 3.41. The van der Waals surface area contributed by atoms with Crippen molar-refractivity contribution in [3.8, 4) is 0 Å². The standard InChI is InChI=1S/C15H30N2/c1-5-13(6-2)17-10-14(12-8-9-12)16-11-15(17,4)7-3/h12-14,16H,5-11H2,1-4H3. The fourth-order valence-electron chi connectivity index (χ4n) is 3.41. The zero-order valence-corrected chi connectivity index (χ0v) is 12.1. The maximum Gasteiger partial charge on any atom is 0.0306 e. The van der Waals surface area contributed by atoms with Crippen LogP contribution < -0.4 is 5.32 Å². The molecule has 0 aromatic rings. The lowest BCUT2D eigenvalue weighted by atomic mass is 9.88. The third-order valence-electron chi connectivity index (χ3n) is 5.17. The van der Waals surface area contributed by atoms with E-state index in [1.807, 2.05) is 0 Å². The second-order valence-corrected chi connectivity index (χ2v) is 6.30. The Bertz CT molecular complexity index is 245. The van der Waals surface area contributed by atoms with Crippen molar-refractivity contribution < 1.29 is 0 Å². The van der Waals surface area contributed by atoms with Gasteiger partial charge in [-0.1, -0.05) is 20.8 Å². The minimum Gasteiger partial charge on any atom is -0.311 e. The molecule has 1 saturated heterocycles. The van der Waals surface area contributed by atoms with Gasteiger partial charge >= 0.3 is 0 Å². The number of rotatable bonds is 5. The molecule has 0 amide bonds. The summed E-state index contributed by atoms with van der Waals surface area (Å²) in [6.45, 7) is 11.9. The summed E-state index contributed by atoms with van der Waals surface area (Å²) in [5, 5.41) is 3.81. The molecule has 1 aliphatic carbocycles. The summed E-state index contributed by atoms with van der Waals surface area (Å²) in [7, 11) is 0. The average Bonchev–Trinajstić information content (AvgIpc) is 3.17. The summed E-state index contributed by atoms with van der Waals surface area (Å²) < 4.78 is 0. The monoisotopic (exact) mass is 238 g/mol. The molecule has 0 aromatic carbocycles. The third kappa shape index (κ3) is 2.68. The zero-order chi connectivity index (χ0) is 12.5. The number of nitrogens with one attached hydrogen (secondary N) is 1. The highest BCUT2D eigenvalue weighted by molar-refractivity contribution is 5.01. The molecule has 0 radical (unpaired) electrons. The van der Waals surface area contributed by atoms with E-state index in [9.17, 15) is 0 Å². The van der Waals surface area contributed by atoms with Crippen LogP contribution in [0.4, 0.5) is 0 Å². The van der Waals surface area contributed by atoms with Crippen molar-refractivity contribution in [2.24, 2.45) is 5.92 Å². The number of hydrogen-bond acceptors (Lipinski definition) is 2. The Hall–Kier alpha value is -0.0800. The molecule has 2 unspecified atom stereocenters. The molecule has 0 aromatic heterocycles. The highest BCUT2D eigenvalue weighted by Gasteiger charge is 2.43. The molecule has 2 fully saturated rings. The summed E-state index contributed by atoms with van der Waals surface area (Å²) in [6.07, 6.45) is 6.76. The first-order chi connectivity index (χ1) is 8.14. The van der Waals surface area contributed by atoms with Crippen LogP contribution in [0.1, 0.15) is 59.8 Å². The van der Waals surface area contributed by atoms with Gasteiger partial charge in [0.1, 0.15) is 0 Å².